The van der Waals surface area contributed by atoms with Crippen LogP contribution in [-0.2, 0) is 6.54 Å². The van der Waals surface area contributed by atoms with Gasteiger partial charge >= 0.3 is 6.03 Å². The van der Waals surface area contributed by atoms with E-state index < -0.39 is 0 Å². The summed E-state index contributed by atoms with van der Waals surface area (Å²) in [5.41, 5.74) is 2.98. The quantitative estimate of drug-likeness (QED) is 0.873. The molecule has 0 aliphatic carbocycles. The third-order valence-electron chi connectivity index (χ3n) is 3.48. The van der Waals surface area contributed by atoms with Gasteiger partial charge in [-0.05, 0) is 44.5 Å². The predicted octanol–water partition coefficient (Wildman–Crippen LogP) is 3.17. The second-order valence-corrected chi connectivity index (χ2v) is 6.60. The molecule has 128 valence electrons. The summed E-state index contributed by atoms with van der Waals surface area (Å²) >= 11 is 1.57. The van der Waals surface area contributed by atoms with Crippen LogP contribution in [0.4, 0.5) is 10.5 Å². The van der Waals surface area contributed by atoms with Crippen molar-refractivity contribution in [1.29, 1.82) is 0 Å². The van der Waals surface area contributed by atoms with E-state index in [0.717, 1.165) is 16.3 Å². The second kappa shape index (κ2) is 7.92. The molecule has 0 radical (unpaired) electrons. The number of aromatic nitrogens is 1. The highest BCUT2D eigenvalue weighted by Gasteiger charge is 2.13. The lowest BCUT2D eigenvalue weighted by atomic mass is 10.1. The van der Waals surface area contributed by atoms with E-state index in [9.17, 15) is 9.59 Å². The maximum atomic E-state index is 12.3. The van der Waals surface area contributed by atoms with Crippen molar-refractivity contribution in [3.05, 3.63) is 45.4 Å². The molecule has 1 heterocycles. The van der Waals surface area contributed by atoms with Crippen LogP contribution in [0.15, 0.2) is 23.6 Å². The van der Waals surface area contributed by atoms with E-state index >= 15 is 0 Å². The number of hydrogen-bond donors (Lipinski definition) is 2. The summed E-state index contributed by atoms with van der Waals surface area (Å²) in [6.45, 7) is 6.71. The highest BCUT2D eigenvalue weighted by atomic mass is 32.1. The Morgan fingerprint density at radius 1 is 1.29 bits per heavy atom. The van der Waals surface area contributed by atoms with Crippen molar-refractivity contribution < 1.29 is 9.59 Å². The molecule has 1 aromatic heterocycles. The fourth-order valence-corrected chi connectivity index (χ4v) is 2.82. The first-order valence-electron chi connectivity index (χ1n) is 7.72. The molecule has 0 aliphatic rings. The van der Waals surface area contributed by atoms with E-state index in [1.54, 1.807) is 41.5 Å². The van der Waals surface area contributed by atoms with Gasteiger partial charge in [0.1, 0.15) is 0 Å². The Kier molecular flexibility index (Phi) is 5.92. The van der Waals surface area contributed by atoms with Crippen molar-refractivity contribution >= 4 is 29.0 Å². The zero-order chi connectivity index (χ0) is 17.7. The fraction of sp³-hybridized carbons (Fsp3) is 0.353. The molecule has 0 bridgehead atoms. The second-order valence-electron chi connectivity index (χ2n) is 5.53. The van der Waals surface area contributed by atoms with Crippen LogP contribution < -0.4 is 10.6 Å². The number of carbonyl (C=O) groups is 2. The predicted molar refractivity (Wildman–Crippen MR) is 96.5 cm³/mol. The molecule has 1 aromatic carbocycles. The van der Waals surface area contributed by atoms with Gasteiger partial charge in [0.05, 0.1) is 17.2 Å². The molecule has 7 heteroatoms. The zero-order valence-electron chi connectivity index (χ0n) is 14.3. The smallest absolute Gasteiger partial charge is 0.321 e. The summed E-state index contributed by atoms with van der Waals surface area (Å²) < 4.78 is 0. The van der Waals surface area contributed by atoms with Gasteiger partial charge in [-0.1, -0.05) is 0 Å². The van der Waals surface area contributed by atoms with Gasteiger partial charge in [0.2, 0.25) is 0 Å². The average Bonchev–Trinajstić information content (AvgIpc) is 2.94. The van der Waals surface area contributed by atoms with E-state index in [0.29, 0.717) is 24.3 Å². The number of carbonyl (C=O) groups excluding carboxylic acids is 2. The van der Waals surface area contributed by atoms with Gasteiger partial charge in [0, 0.05) is 30.2 Å². The highest BCUT2D eigenvalue weighted by molar-refractivity contribution is 7.09. The van der Waals surface area contributed by atoms with Gasteiger partial charge in [-0.3, -0.25) is 4.79 Å². The summed E-state index contributed by atoms with van der Waals surface area (Å²) in [5, 5.41) is 8.55. The number of nitrogens with zero attached hydrogens (tertiary/aromatic N) is 2. The molecule has 0 saturated carbocycles. The molecule has 2 rings (SSSR count). The summed E-state index contributed by atoms with van der Waals surface area (Å²) in [6, 6.07) is 5.01. The van der Waals surface area contributed by atoms with Crippen LogP contribution in [0.2, 0.25) is 0 Å². The number of aryl methyl sites for hydroxylation is 2. The summed E-state index contributed by atoms with van der Waals surface area (Å²) in [7, 11) is 1.72. The Bertz CT molecular complexity index is 742. The molecule has 0 aliphatic heterocycles. The van der Waals surface area contributed by atoms with E-state index in [4.69, 9.17) is 0 Å². The van der Waals surface area contributed by atoms with Gasteiger partial charge in [0.25, 0.3) is 5.91 Å². The summed E-state index contributed by atoms with van der Waals surface area (Å²) in [5.74, 6) is -0.116. The summed E-state index contributed by atoms with van der Waals surface area (Å²) in [6.07, 6.45) is 0. The van der Waals surface area contributed by atoms with Crippen molar-refractivity contribution in [3.8, 4) is 0 Å². The number of urea groups is 1. The normalized spacial score (nSPS) is 10.3. The van der Waals surface area contributed by atoms with Gasteiger partial charge in [0.15, 0.2) is 0 Å². The Morgan fingerprint density at radius 3 is 2.62 bits per heavy atom. The van der Waals surface area contributed by atoms with Crippen molar-refractivity contribution in [2.75, 3.05) is 18.9 Å². The van der Waals surface area contributed by atoms with E-state index in [2.05, 4.69) is 15.6 Å². The minimum atomic E-state index is -0.213. The molecule has 0 saturated heterocycles. The van der Waals surface area contributed by atoms with Crippen molar-refractivity contribution in [2.24, 2.45) is 0 Å². The highest BCUT2D eigenvalue weighted by Crippen LogP contribution is 2.18. The van der Waals surface area contributed by atoms with Crippen LogP contribution >= 0.6 is 11.3 Å². The molecule has 3 amide bonds. The number of nitrogens with one attached hydrogen (secondary N) is 2. The lowest BCUT2D eigenvalue weighted by Crippen LogP contribution is -2.31. The lowest BCUT2D eigenvalue weighted by molar-refractivity contribution is 0.0955. The number of benzene rings is 1. The number of rotatable bonds is 5. The molecule has 0 fully saturated rings. The first-order chi connectivity index (χ1) is 11.4. The number of anilines is 1. The zero-order valence-corrected chi connectivity index (χ0v) is 15.2. The third-order valence-corrected chi connectivity index (χ3v) is 4.30. The molecule has 0 atom stereocenters. The minimum Gasteiger partial charge on any atom is -0.352 e. The Hall–Kier alpha value is -2.41. The summed E-state index contributed by atoms with van der Waals surface area (Å²) in [4.78, 5) is 30.1. The van der Waals surface area contributed by atoms with Crippen molar-refractivity contribution in [2.45, 2.75) is 27.3 Å². The molecule has 2 aromatic rings. The monoisotopic (exact) mass is 346 g/mol. The van der Waals surface area contributed by atoms with Crippen LogP contribution in [0.1, 0.15) is 33.5 Å². The maximum absolute atomic E-state index is 12.3. The van der Waals surface area contributed by atoms with Crippen LogP contribution in [0.25, 0.3) is 0 Å². The third kappa shape index (κ3) is 4.55. The largest absolute Gasteiger partial charge is 0.352 e. The van der Waals surface area contributed by atoms with Gasteiger partial charge < -0.3 is 15.5 Å². The molecule has 0 spiro atoms. The SMILES string of the molecule is CCNC(=O)c1ccc(NC(=O)N(C)Cc2csc(C)n2)c(C)c1. The Labute approximate surface area is 145 Å². The van der Waals surface area contributed by atoms with Gasteiger partial charge in [-0.15, -0.1) is 11.3 Å². The van der Waals surface area contributed by atoms with E-state index in [1.807, 2.05) is 26.2 Å². The van der Waals surface area contributed by atoms with Crippen LogP contribution in [0.3, 0.4) is 0 Å². The van der Waals surface area contributed by atoms with Crippen molar-refractivity contribution in [1.82, 2.24) is 15.2 Å². The van der Waals surface area contributed by atoms with Gasteiger partial charge in [-0.25, -0.2) is 9.78 Å². The minimum absolute atomic E-state index is 0.116. The number of hydrogen-bond acceptors (Lipinski definition) is 4. The maximum Gasteiger partial charge on any atom is 0.321 e. The van der Waals surface area contributed by atoms with E-state index in [1.165, 1.54) is 0 Å². The molecule has 24 heavy (non-hydrogen) atoms. The molecule has 6 nitrogen and oxygen atoms in total. The molecular formula is C17H22N4O2S. The lowest BCUT2D eigenvalue weighted by Gasteiger charge is -2.18. The molecular weight excluding hydrogens is 324 g/mol. The topological polar surface area (TPSA) is 74.3 Å². The van der Waals surface area contributed by atoms with Crippen LogP contribution in [0.5, 0.6) is 0 Å². The number of amides is 3. The average molecular weight is 346 g/mol. The standard InChI is InChI=1S/C17H22N4O2S/c1-5-18-16(22)13-6-7-15(11(2)8-13)20-17(23)21(4)9-14-10-24-12(3)19-14/h6-8,10H,5,9H2,1-4H3,(H,18,22)(H,20,23). The first kappa shape index (κ1) is 17.9. The molecule has 0 unspecified atom stereocenters. The molecule has 2 N–H and O–H groups in total. The van der Waals surface area contributed by atoms with E-state index in [-0.39, 0.29) is 11.9 Å². The van der Waals surface area contributed by atoms with Gasteiger partial charge in [-0.2, -0.15) is 0 Å². The fourth-order valence-electron chi connectivity index (χ4n) is 2.21. The van der Waals surface area contributed by atoms with Crippen LogP contribution in [0, 0.1) is 13.8 Å². The van der Waals surface area contributed by atoms with Crippen LogP contribution in [-0.4, -0.2) is 35.4 Å². The Balaban J connectivity index is 2.01. The first-order valence-corrected chi connectivity index (χ1v) is 8.60. The number of thiazole rings is 1. The Morgan fingerprint density at radius 2 is 2.04 bits per heavy atom. The van der Waals surface area contributed by atoms with Crippen molar-refractivity contribution in [3.63, 3.8) is 0 Å².